The molecule has 3 aromatic rings. The number of aryl methyl sites for hydroxylation is 2. The van der Waals surface area contributed by atoms with Crippen molar-refractivity contribution in [1.29, 1.82) is 0 Å². The van der Waals surface area contributed by atoms with Gasteiger partial charge >= 0.3 is 0 Å². The topological polar surface area (TPSA) is 59.8 Å². The zero-order chi connectivity index (χ0) is 18.3. The maximum atomic E-state index is 13.1. The number of aromatic nitrogens is 3. The van der Waals surface area contributed by atoms with E-state index in [4.69, 9.17) is 0 Å². The van der Waals surface area contributed by atoms with E-state index >= 15 is 0 Å². The van der Waals surface area contributed by atoms with Crippen molar-refractivity contribution in [2.45, 2.75) is 32.2 Å². The number of carbonyl (C=O) groups excluding carboxylic acids is 1. The van der Waals surface area contributed by atoms with Crippen LogP contribution < -0.4 is 5.32 Å². The van der Waals surface area contributed by atoms with Crippen molar-refractivity contribution >= 4 is 17.2 Å². The zero-order valence-electron chi connectivity index (χ0n) is 14.6. The molecule has 2 heterocycles. The number of thiazole rings is 1. The molecule has 1 aliphatic rings. The zero-order valence-corrected chi connectivity index (χ0v) is 15.4. The minimum atomic E-state index is -0.287. The molecule has 0 radical (unpaired) electrons. The second-order valence-electron chi connectivity index (χ2n) is 6.53. The molecule has 0 saturated heterocycles. The first-order chi connectivity index (χ1) is 12.5. The van der Waals surface area contributed by atoms with Crippen LogP contribution in [0.5, 0.6) is 0 Å². The molecule has 1 N–H and O–H groups in total. The quantitative estimate of drug-likeness (QED) is 0.763. The third kappa shape index (κ3) is 3.03. The fraction of sp³-hybridized carbons (Fsp3) is 0.316. The van der Waals surface area contributed by atoms with Crippen LogP contribution in [-0.2, 0) is 13.5 Å². The highest BCUT2D eigenvalue weighted by molar-refractivity contribution is 7.17. The summed E-state index contributed by atoms with van der Waals surface area (Å²) in [4.78, 5) is 17.9. The Morgan fingerprint density at radius 1 is 1.35 bits per heavy atom. The number of hydrogen-bond donors (Lipinski definition) is 1. The van der Waals surface area contributed by atoms with Gasteiger partial charge in [0.25, 0.3) is 5.91 Å². The monoisotopic (exact) mass is 370 g/mol. The molecule has 1 aromatic carbocycles. The van der Waals surface area contributed by atoms with E-state index in [0.29, 0.717) is 10.6 Å². The van der Waals surface area contributed by atoms with Gasteiger partial charge in [-0.05, 0) is 50.5 Å². The standard InChI is InChI=1S/C19H19FN4OS/c1-11-17(26-19(22-11)12-6-8-13(20)9-7-12)18(25)23-15-4-3-5-16-14(15)10-21-24(16)2/h6-10,15H,3-5H2,1-2H3,(H,23,25). The van der Waals surface area contributed by atoms with Gasteiger partial charge < -0.3 is 5.32 Å². The van der Waals surface area contributed by atoms with Gasteiger partial charge in [-0.3, -0.25) is 9.48 Å². The highest BCUT2D eigenvalue weighted by Crippen LogP contribution is 2.31. The predicted octanol–water partition coefficient (Wildman–Crippen LogP) is 3.80. The normalized spacial score (nSPS) is 16.3. The van der Waals surface area contributed by atoms with Crippen LogP contribution in [0.4, 0.5) is 4.39 Å². The summed E-state index contributed by atoms with van der Waals surface area (Å²) in [5, 5.41) is 8.18. The van der Waals surface area contributed by atoms with Crippen molar-refractivity contribution in [3.8, 4) is 10.6 Å². The van der Waals surface area contributed by atoms with Crippen LogP contribution in [0.2, 0.25) is 0 Å². The van der Waals surface area contributed by atoms with E-state index in [-0.39, 0.29) is 17.8 Å². The molecular weight excluding hydrogens is 351 g/mol. The number of nitrogens with one attached hydrogen (secondary N) is 1. The highest BCUT2D eigenvalue weighted by Gasteiger charge is 2.26. The molecule has 0 fully saturated rings. The van der Waals surface area contributed by atoms with E-state index in [2.05, 4.69) is 15.4 Å². The molecule has 0 aliphatic heterocycles. The first-order valence-corrected chi connectivity index (χ1v) is 9.39. The maximum absolute atomic E-state index is 13.1. The third-order valence-corrected chi connectivity index (χ3v) is 5.98. The molecule has 4 rings (SSSR count). The van der Waals surface area contributed by atoms with Crippen LogP contribution in [-0.4, -0.2) is 20.7 Å². The lowest BCUT2D eigenvalue weighted by Gasteiger charge is -2.23. The van der Waals surface area contributed by atoms with E-state index in [0.717, 1.165) is 35.4 Å². The molecule has 0 saturated carbocycles. The van der Waals surface area contributed by atoms with E-state index in [1.807, 2.05) is 24.9 Å². The second kappa shape index (κ2) is 6.64. The summed E-state index contributed by atoms with van der Waals surface area (Å²) in [5.74, 6) is -0.403. The van der Waals surface area contributed by atoms with Gasteiger partial charge in [0, 0.05) is 23.9 Å². The summed E-state index contributed by atoms with van der Waals surface area (Å²) in [6, 6.07) is 6.14. The fourth-order valence-electron chi connectivity index (χ4n) is 3.40. The number of hydrogen-bond acceptors (Lipinski definition) is 4. The molecule has 2 aromatic heterocycles. The highest BCUT2D eigenvalue weighted by atomic mass is 32.1. The number of benzene rings is 1. The van der Waals surface area contributed by atoms with Crippen molar-refractivity contribution in [3.05, 3.63) is 58.1 Å². The number of amides is 1. The van der Waals surface area contributed by atoms with E-state index < -0.39 is 0 Å². The minimum absolute atomic E-state index is 0.0179. The first-order valence-electron chi connectivity index (χ1n) is 8.58. The van der Waals surface area contributed by atoms with Crippen LogP contribution in [0.15, 0.2) is 30.5 Å². The Morgan fingerprint density at radius 2 is 2.12 bits per heavy atom. The Kier molecular flexibility index (Phi) is 4.32. The Balaban J connectivity index is 1.57. The molecule has 1 amide bonds. The van der Waals surface area contributed by atoms with Gasteiger partial charge in [0.15, 0.2) is 0 Å². The molecule has 1 unspecified atom stereocenters. The molecule has 7 heteroatoms. The van der Waals surface area contributed by atoms with Crippen molar-refractivity contribution in [3.63, 3.8) is 0 Å². The Morgan fingerprint density at radius 3 is 2.88 bits per heavy atom. The Bertz CT molecular complexity index is 961. The first kappa shape index (κ1) is 16.9. The number of rotatable bonds is 3. The van der Waals surface area contributed by atoms with Crippen molar-refractivity contribution < 1.29 is 9.18 Å². The summed E-state index contributed by atoms with van der Waals surface area (Å²) < 4.78 is 15.0. The lowest BCUT2D eigenvalue weighted by molar-refractivity contribution is 0.0936. The lowest BCUT2D eigenvalue weighted by atomic mass is 9.93. The van der Waals surface area contributed by atoms with Crippen LogP contribution in [0.3, 0.4) is 0 Å². The molecule has 1 aliphatic carbocycles. The molecule has 5 nitrogen and oxygen atoms in total. The number of carbonyl (C=O) groups is 1. The number of fused-ring (bicyclic) bond motifs is 1. The molecule has 26 heavy (non-hydrogen) atoms. The third-order valence-electron chi connectivity index (χ3n) is 4.77. The molecule has 0 bridgehead atoms. The average Bonchev–Trinajstić information content (AvgIpc) is 3.20. The van der Waals surface area contributed by atoms with Gasteiger partial charge in [-0.1, -0.05) is 0 Å². The van der Waals surface area contributed by atoms with Gasteiger partial charge in [0.05, 0.1) is 17.9 Å². The van der Waals surface area contributed by atoms with E-state index in [1.54, 1.807) is 12.1 Å². The van der Waals surface area contributed by atoms with Gasteiger partial charge in [-0.2, -0.15) is 5.10 Å². The average molecular weight is 370 g/mol. The van der Waals surface area contributed by atoms with E-state index in [1.165, 1.54) is 29.2 Å². The summed E-state index contributed by atoms with van der Waals surface area (Å²) >= 11 is 1.34. The van der Waals surface area contributed by atoms with Crippen LogP contribution in [0.1, 0.15) is 45.5 Å². The smallest absolute Gasteiger partial charge is 0.263 e. The van der Waals surface area contributed by atoms with Crippen molar-refractivity contribution in [1.82, 2.24) is 20.1 Å². The van der Waals surface area contributed by atoms with E-state index in [9.17, 15) is 9.18 Å². The van der Waals surface area contributed by atoms with Gasteiger partial charge in [-0.15, -0.1) is 11.3 Å². The SMILES string of the molecule is Cc1nc(-c2ccc(F)cc2)sc1C(=O)NC1CCCc2c1cnn2C. The summed E-state index contributed by atoms with van der Waals surface area (Å²) in [7, 11) is 1.94. The summed E-state index contributed by atoms with van der Waals surface area (Å²) in [6.45, 7) is 1.83. The molecule has 1 atom stereocenters. The van der Waals surface area contributed by atoms with Crippen molar-refractivity contribution in [2.75, 3.05) is 0 Å². The molecular formula is C19H19FN4OS. The lowest BCUT2D eigenvalue weighted by Crippen LogP contribution is -2.30. The summed E-state index contributed by atoms with van der Waals surface area (Å²) in [5.41, 5.74) is 3.79. The van der Waals surface area contributed by atoms with Gasteiger partial charge in [0.1, 0.15) is 15.7 Å². The number of halogens is 1. The Labute approximate surface area is 154 Å². The Hall–Kier alpha value is -2.54. The molecule has 0 spiro atoms. The second-order valence-corrected chi connectivity index (χ2v) is 7.53. The molecule has 134 valence electrons. The van der Waals surface area contributed by atoms with Crippen LogP contribution in [0, 0.1) is 12.7 Å². The van der Waals surface area contributed by atoms with Crippen LogP contribution in [0.25, 0.3) is 10.6 Å². The summed E-state index contributed by atoms with van der Waals surface area (Å²) in [6.07, 6.45) is 4.78. The fourth-order valence-corrected chi connectivity index (χ4v) is 4.38. The van der Waals surface area contributed by atoms with Gasteiger partial charge in [-0.25, -0.2) is 9.37 Å². The number of nitrogens with zero attached hydrogens (tertiary/aromatic N) is 3. The van der Waals surface area contributed by atoms with Gasteiger partial charge in [0.2, 0.25) is 0 Å². The predicted molar refractivity (Wildman–Crippen MR) is 98.6 cm³/mol. The maximum Gasteiger partial charge on any atom is 0.263 e. The van der Waals surface area contributed by atoms with Crippen molar-refractivity contribution in [2.24, 2.45) is 7.05 Å². The van der Waals surface area contributed by atoms with Crippen LogP contribution >= 0.6 is 11.3 Å². The largest absolute Gasteiger partial charge is 0.344 e. The minimum Gasteiger partial charge on any atom is -0.344 e.